The van der Waals surface area contributed by atoms with E-state index in [1.165, 1.54) is 0 Å². The largest absolute Gasteiger partial charge is 0.259 e. The van der Waals surface area contributed by atoms with Crippen molar-refractivity contribution in [1.82, 2.24) is 4.98 Å². The van der Waals surface area contributed by atoms with Crippen molar-refractivity contribution in [2.75, 3.05) is 0 Å². The number of pyridine rings is 1. The highest BCUT2D eigenvalue weighted by atomic mass is 127. The van der Waals surface area contributed by atoms with Gasteiger partial charge in [-0.05, 0) is 34.7 Å². The number of hydrogen-bond acceptors (Lipinski definition) is 1. The van der Waals surface area contributed by atoms with E-state index in [9.17, 15) is 0 Å². The van der Waals surface area contributed by atoms with Crippen molar-refractivity contribution >= 4 is 46.6 Å². The molecule has 0 aromatic carbocycles. The van der Waals surface area contributed by atoms with E-state index in [1.807, 2.05) is 12.1 Å². The maximum atomic E-state index is 5.51. The molecule has 1 heterocycles. The minimum absolute atomic E-state index is 0. The Bertz CT molecular complexity index is 187. The summed E-state index contributed by atoms with van der Waals surface area (Å²) in [4.78, 5) is 4.06. The van der Waals surface area contributed by atoms with E-state index < -0.39 is 0 Å². The lowest BCUT2D eigenvalue weighted by Gasteiger charge is -1.91. The van der Waals surface area contributed by atoms with Crippen molar-refractivity contribution in [2.24, 2.45) is 0 Å². The predicted molar refractivity (Wildman–Crippen MR) is 53.8 cm³/mol. The molecule has 1 aromatic heterocycles. The fourth-order valence-corrected chi connectivity index (χ4v) is 0.963. The summed E-state index contributed by atoms with van der Waals surface area (Å²) in [5.74, 6) is 0.497. The number of nitrogens with zero attached hydrogens (tertiary/aromatic N) is 1. The summed E-state index contributed by atoms with van der Waals surface area (Å²) in [5.41, 5.74) is 0.928. The molecule has 56 valence electrons. The van der Waals surface area contributed by atoms with Crippen LogP contribution in [0.1, 0.15) is 5.69 Å². The van der Waals surface area contributed by atoms with Crippen LogP contribution in [0.2, 0.25) is 0 Å². The molecule has 1 aromatic rings. The van der Waals surface area contributed by atoms with E-state index in [1.54, 1.807) is 6.20 Å². The van der Waals surface area contributed by atoms with Crippen molar-refractivity contribution in [1.29, 1.82) is 0 Å². The molecule has 1 rings (SSSR count). The van der Waals surface area contributed by atoms with Crippen LogP contribution in [-0.2, 0) is 5.88 Å². The molecule has 10 heavy (non-hydrogen) atoms. The average Bonchev–Trinajstić information content (AvgIpc) is 1.90. The highest BCUT2D eigenvalue weighted by Gasteiger charge is 1.88. The Balaban J connectivity index is 0.000000810. The molecular weight excluding hydrogens is 284 g/mol. The number of halogens is 3. The molecule has 1 nitrogen and oxygen atoms in total. The Labute approximate surface area is 84.7 Å². The van der Waals surface area contributed by atoms with Crippen molar-refractivity contribution < 1.29 is 0 Å². The smallest absolute Gasteiger partial charge is 0.0647 e. The van der Waals surface area contributed by atoms with Gasteiger partial charge in [0.15, 0.2) is 0 Å². The standard InChI is InChI=1S/C6H5ClIN.ClH/c7-3-6-2-1-5(8)4-9-6;/h1-2,4H,3H2;1H. The van der Waals surface area contributed by atoms with Gasteiger partial charge < -0.3 is 0 Å². The number of alkyl halides is 1. The van der Waals surface area contributed by atoms with E-state index in [4.69, 9.17) is 11.6 Å². The third-order valence-corrected chi connectivity index (χ3v) is 1.84. The van der Waals surface area contributed by atoms with Gasteiger partial charge in [-0.2, -0.15) is 0 Å². The first-order valence-corrected chi connectivity index (χ1v) is 4.10. The van der Waals surface area contributed by atoms with Crippen LogP contribution in [0.15, 0.2) is 18.3 Å². The van der Waals surface area contributed by atoms with Gasteiger partial charge in [0.05, 0.1) is 11.6 Å². The molecule has 0 amide bonds. The highest BCUT2D eigenvalue weighted by Crippen LogP contribution is 2.04. The second kappa shape index (κ2) is 5.16. The molecule has 0 atom stereocenters. The summed E-state index contributed by atoms with van der Waals surface area (Å²) in [6.07, 6.45) is 1.80. The maximum Gasteiger partial charge on any atom is 0.0647 e. The molecule has 0 aliphatic carbocycles. The van der Waals surface area contributed by atoms with Crippen LogP contribution in [0.25, 0.3) is 0 Å². The van der Waals surface area contributed by atoms with Gasteiger partial charge in [-0.15, -0.1) is 24.0 Å². The van der Waals surface area contributed by atoms with Crippen LogP contribution in [0.3, 0.4) is 0 Å². The van der Waals surface area contributed by atoms with Gasteiger partial charge in [0.1, 0.15) is 0 Å². The Hall–Kier alpha value is 0.460. The van der Waals surface area contributed by atoms with E-state index >= 15 is 0 Å². The Morgan fingerprint density at radius 3 is 2.60 bits per heavy atom. The summed E-state index contributed by atoms with van der Waals surface area (Å²) in [6.45, 7) is 0. The summed E-state index contributed by atoms with van der Waals surface area (Å²) in [6, 6.07) is 3.92. The Morgan fingerprint density at radius 1 is 1.50 bits per heavy atom. The van der Waals surface area contributed by atoms with E-state index in [2.05, 4.69) is 27.6 Å². The minimum Gasteiger partial charge on any atom is -0.259 e. The SMILES string of the molecule is Cl.ClCc1ccc(I)cn1. The van der Waals surface area contributed by atoms with Crippen LogP contribution in [0.5, 0.6) is 0 Å². The Morgan fingerprint density at radius 2 is 2.20 bits per heavy atom. The third kappa shape index (κ3) is 3.03. The van der Waals surface area contributed by atoms with Crippen LogP contribution in [0.4, 0.5) is 0 Å². The molecular formula is C6H6Cl2IN. The fourth-order valence-electron chi connectivity index (χ4n) is 0.485. The van der Waals surface area contributed by atoms with Crippen LogP contribution in [-0.4, -0.2) is 4.98 Å². The second-order valence-electron chi connectivity index (χ2n) is 1.60. The lowest BCUT2D eigenvalue weighted by Crippen LogP contribution is -1.83. The molecule has 0 saturated heterocycles. The van der Waals surface area contributed by atoms with Crippen molar-refractivity contribution in [3.63, 3.8) is 0 Å². The zero-order valence-corrected chi connectivity index (χ0v) is 8.78. The molecule has 0 saturated carbocycles. The summed E-state index contributed by atoms with van der Waals surface area (Å²) >= 11 is 7.72. The van der Waals surface area contributed by atoms with Gasteiger partial charge in [-0.25, -0.2) is 0 Å². The molecule has 0 radical (unpaired) electrons. The molecule has 0 N–H and O–H groups in total. The number of aromatic nitrogens is 1. The highest BCUT2D eigenvalue weighted by molar-refractivity contribution is 14.1. The van der Waals surface area contributed by atoms with Gasteiger partial charge in [-0.3, -0.25) is 4.98 Å². The first-order chi connectivity index (χ1) is 4.33. The summed E-state index contributed by atoms with van der Waals surface area (Å²) in [7, 11) is 0. The minimum atomic E-state index is 0. The van der Waals surface area contributed by atoms with E-state index in [-0.39, 0.29) is 12.4 Å². The molecule has 0 unspecified atom stereocenters. The molecule has 0 aliphatic heterocycles. The Kier molecular flexibility index (Phi) is 5.39. The predicted octanol–water partition coefficient (Wildman–Crippen LogP) is 2.85. The van der Waals surface area contributed by atoms with Gasteiger partial charge in [0.25, 0.3) is 0 Å². The molecule has 0 spiro atoms. The van der Waals surface area contributed by atoms with E-state index in [0.717, 1.165) is 9.26 Å². The summed E-state index contributed by atoms with van der Waals surface area (Å²) in [5, 5.41) is 0. The lowest BCUT2D eigenvalue weighted by molar-refractivity contribution is 1.16. The fraction of sp³-hybridized carbons (Fsp3) is 0.167. The molecule has 0 bridgehead atoms. The summed E-state index contributed by atoms with van der Waals surface area (Å²) < 4.78 is 1.14. The number of hydrogen-bond donors (Lipinski definition) is 0. The van der Waals surface area contributed by atoms with Gasteiger partial charge in [0, 0.05) is 9.77 Å². The quantitative estimate of drug-likeness (QED) is 0.572. The maximum absolute atomic E-state index is 5.51. The average molecular weight is 290 g/mol. The molecule has 0 fully saturated rings. The third-order valence-electron chi connectivity index (χ3n) is 0.926. The van der Waals surface area contributed by atoms with Crippen molar-refractivity contribution in [3.05, 3.63) is 27.6 Å². The van der Waals surface area contributed by atoms with Gasteiger partial charge in [-0.1, -0.05) is 0 Å². The van der Waals surface area contributed by atoms with Crippen molar-refractivity contribution in [3.8, 4) is 0 Å². The number of rotatable bonds is 1. The van der Waals surface area contributed by atoms with Gasteiger partial charge >= 0.3 is 0 Å². The van der Waals surface area contributed by atoms with Gasteiger partial charge in [0.2, 0.25) is 0 Å². The van der Waals surface area contributed by atoms with Crippen molar-refractivity contribution in [2.45, 2.75) is 5.88 Å². The van der Waals surface area contributed by atoms with Crippen LogP contribution in [0, 0.1) is 3.57 Å². The lowest BCUT2D eigenvalue weighted by atomic mass is 10.4. The molecule has 4 heteroatoms. The normalized spacial score (nSPS) is 8.60. The monoisotopic (exact) mass is 289 g/mol. The first kappa shape index (κ1) is 10.5. The molecule has 0 aliphatic rings. The zero-order valence-electron chi connectivity index (χ0n) is 5.05. The zero-order chi connectivity index (χ0) is 6.69. The van der Waals surface area contributed by atoms with Crippen LogP contribution < -0.4 is 0 Å². The topological polar surface area (TPSA) is 12.9 Å². The first-order valence-electron chi connectivity index (χ1n) is 2.49. The second-order valence-corrected chi connectivity index (χ2v) is 3.11. The van der Waals surface area contributed by atoms with Crippen LogP contribution >= 0.6 is 46.6 Å². The van der Waals surface area contributed by atoms with E-state index in [0.29, 0.717) is 5.88 Å².